The van der Waals surface area contributed by atoms with Crippen LogP contribution in [0.3, 0.4) is 0 Å². The summed E-state index contributed by atoms with van der Waals surface area (Å²) >= 11 is 0. The Morgan fingerprint density at radius 1 is 0.658 bits per heavy atom. The maximum Gasteiger partial charge on any atom is 0.303 e. The van der Waals surface area contributed by atoms with Gasteiger partial charge in [-0.25, -0.2) is 19.9 Å². The highest BCUT2D eigenvalue weighted by molar-refractivity contribution is 6.38. The first-order valence-electron chi connectivity index (χ1n) is 11.5. The van der Waals surface area contributed by atoms with Gasteiger partial charge in [0.2, 0.25) is 0 Å². The monoisotopic (exact) mass is 492 g/mol. The molecule has 0 atom stereocenters. The number of carboxylic acids is 1. The fraction of sp³-hybridized carbons (Fsp3) is 0.107. The molecule has 6 aromatic rings. The van der Waals surface area contributed by atoms with Gasteiger partial charge in [0, 0.05) is 38.7 Å². The molecule has 176 valence electrons. The molecule has 2 heterocycles. The van der Waals surface area contributed by atoms with E-state index >= 15 is 0 Å². The van der Waals surface area contributed by atoms with Gasteiger partial charge in [-0.05, 0) is 18.4 Å². The number of hydrogen-bond donors (Lipinski definition) is 1. The quantitative estimate of drug-likeness (QED) is 0.274. The lowest BCUT2D eigenvalue weighted by Gasteiger charge is -2.18. The smallest absolute Gasteiger partial charge is 0.303 e. The van der Waals surface area contributed by atoms with E-state index in [1.54, 1.807) is 6.07 Å². The summed E-state index contributed by atoms with van der Waals surface area (Å²) < 4.78 is 0. The molecular weight excluding hydrogens is 480 g/mol. The second-order valence-electron chi connectivity index (χ2n) is 8.68. The van der Waals surface area contributed by atoms with Crippen LogP contribution in [0.5, 0.6) is 0 Å². The van der Waals surface area contributed by atoms with E-state index in [2.05, 4.69) is 19.9 Å². The summed E-state index contributed by atoms with van der Waals surface area (Å²) in [7, 11) is 0. The number of nitriles is 4. The van der Waals surface area contributed by atoms with Crippen molar-refractivity contribution in [3.05, 3.63) is 58.7 Å². The summed E-state index contributed by atoms with van der Waals surface area (Å²) in [4.78, 5) is 29.3. The largest absolute Gasteiger partial charge is 0.481 e. The third kappa shape index (κ3) is 3.05. The predicted octanol–water partition coefficient (Wildman–Crippen LogP) is 4.36. The highest BCUT2D eigenvalue weighted by atomic mass is 16.4. The first-order chi connectivity index (χ1) is 18.5. The van der Waals surface area contributed by atoms with Crippen molar-refractivity contribution in [2.75, 3.05) is 0 Å². The van der Waals surface area contributed by atoms with Crippen LogP contribution in [0.1, 0.15) is 41.2 Å². The first-order valence-corrected chi connectivity index (χ1v) is 11.5. The van der Waals surface area contributed by atoms with E-state index in [1.807, 2.05) is 48.5 Å². The fourth-order valence-corrected chi connectivity index (χ4v) is 5.15. The van der Waals surface area contributed by atoms with Crippen molar-refractivity contribution in [2.24, 2.45) is 0 Å². The number of hydrogen-bond acceptors (Lipinski definition) is 9. The molecule has 0 aliphatic heterocycles. The zero-order valence-corrected chi connectivity index (χ0v) is 19.4. The second-order valence-corrected chi connectivity index (χ2v) is 8.68. The van der Waals surface area contributed by atoms with Crippen molar-refractivity contribution >= 4 is 60.4 Å². The number of aliphatic carboxylic acids is 1. The van der Waals surface area contributed by atoms with Gasteiger partial charge in [-0.3, -0.25) is 4.79 Å². The molecule has 10 nitrogen and oxygen atoms in total. The molecule has 0 spiro atoms. The summed E-state index contributed by atoms with van der Waals surface area (Å²) in [5.74, 6) is -0.906. The van der Waals surface area contributed by atoms with Gasteiger partial charge in [0.1, 0.15) is 24.3 Å². The van der Waals surface area contributed by atoms with Gasteiger partial charge in [0.25, 0.3) is 0 Å². The number of fused-ring (bicyclic) bond motifs is 6. The van der Waals surface area contributed by atoms with Gasteiger partial charge >= 0.3 is 5.97 Å². The van der Waals surface area contributed by atoms with Crippen molar-refractivity contribution in [3.8, 4) is 24.3 Å². The normalized spacial score (nSPS) is 11.1. The van der Waals surface area contributed by atoms with Gasteiger partial charge in [0.15, 0.2) is 22.8 Å². The van der Waals surface area contributed by atoms with Crippen LogP contribution in [0.4, 0.5) is 0 Å². The maximum atomic E-state index is 11.2. The Kier molecular flexibility index (Phi) is 4.92. The summed E-state index contributed by atoms with van der Waals surface area (Å²) in [6.45, 7) is 0. The SMILES string of the molecule is N#Cc1nc2c3cccc4c5nc(C#N)c(C#N)nc5c5c(CCCC(=O)O)ccc(c2nc1C#N)c5c34. The number of nitrogens with zero attached hydrogens (tertiary/aromatic N) is 8. The lowest BCUT2D eigenvalue weighted by Crippen LogP contribution is -2.03. The Morgan fingerprint density at radius 2 is 1.13 bits per heavy atom. The van der Waals surface area contributed by atoms with E-state index in [4.69, 9.17) is 0 Å². The van der Waals surface area contributed by atoms with Crippen molar-refractivity contribution < 1.29 is 9.90 Å². The van der Waals surface area contributed by atoms with Crippen LogP contribution < -0.4 is 0 Å². The molecule has 2 aromatic heterocycles. The third-order valence-electron chi connectivity index (χ3n) is 6.66. The Labute approximate surface area is 213 Å². The molecule has 0 unspecified atom stereocenters. The number of carboxylic acid groups (broad SMARTS) is 1. The van der Waals surface area contributed by atoms with Crippen LogP contribution in [-0.2, 0) is 11.2 Å². The van der Waals surface area contributed by atoms with Gasteiger partial charge < -0.3 is 5.11 Å². The molecule has 6 rings (SSSR count). The molecule has 10 heteroatoms. The molecule has 0 bridgehead atoms. The minimum absolute atomic E-state index is 0.0233. The molecule has 0 aliphatic carbocycles. The highest BCUT2D eigenvalue weighted by Crippen LogP contribution is 2.44. The minimum atomic E-state index is -0.906. The Hall–Kier alpha value is -5.97. The standard InChI is InChI=1S/C28H12N8O2/c29-9-17-18(10-30)34-26-16-8-7-13(3-1-6-21(37)38)22-24(16)23-14(25(26)33-17)4-2-5-15(23)27-28(22)36-20(12-32)19(11-31)35-27/h2,4-5,7-8H,1,3,6H2,(H,37,38). The van der Waals surface area contributed by atoms with Crippen molar-refractivity contribution in [2.45, 2.75) is 19.3 Å². The van der Waals surface area contributed by atoms with Crippen LogP contribution in [0.15, 0.2) is 30.3 Å². The van der Waals surface area contributed by atoms with Crippen LogP contribution in [0.2, 0.25) is 0 Å². The van der Waals surface area contributed by atoms with Crippen LogP contribution in [0, 0.1) is 45.3 Å². The first kappa shape index (κ1) is 22.5. The molecule has 0 radical (unpaired) electrons. The molecule has 0 amide bonds. The lowest BCUT2D eigenvalue weighted by atomic mass is 9.88. The maximum absolute atomic E-state index is 11.2. The van der Waals surface area contributed by atoms with Gasteiger partial charge in [-0.15, -0.1) is 0 Å². The Bertz CT molecular complexity index is 2180. The molecule has 0 aliphatic rings. The third-order valence-corrected chi connectivity index (χ3v) is 6.66. The van der Waals surface area contributed by atoms with Gasteiger partial charge in [0.05, 0.1) is 22.1 Å². The van der Waals surface area contributed by atoms with Crippen LogP contribution >= 0.6 is 0 Å². The van der Waals surface area contributed by atoms with E-state index in [9.17, 15) is 30.9 Å². The number of carbonyl (C=O) groups is 1. The van der Waals surface area contributed by atoms with Crippen LogP contribution in [0.25, 0.3) is 54.4 Å². The van der Waals surface area contributed by atoms with E-state index in [-0.39, 0.29) is 29.2 Å². The van der Waals surface area contributed by atoms with Gasteiger partial charge in [-0.2, -0.15) is 21.0 Å². The van der Waals surface area contributed by atoms with E-state index in [0.717, 1.165) is 16.3 Å². The number of aryl methyl sites for hydroxylation is 1. The van der Waals surface area contributed by atoms with E-state index in [1.165, 1.54) is 0 Å². The van der Waals surface area contributed by atoms with Crippen molar-refractivity contribution in [1.29, 1.82) is 21.0 Å². The number of aromatic nitrogens is 4. The van der Waals surface area contributed by atoms with E-state index < -0.39 is 5.97 Å². The summed E-state index contributed by atoms with van der Waals surface area (Å²) in [5.41, 5.74) is 2.14. The molecule has 0 fully saturated rings. The second kappa shape index (κ2) is 8.31. The predicted molar refractivity (Wildman–Crippen MR) is 136 cm³/mol. The Morgan fingerprint density at radius 3 is 1.63 bits per heavy atom. The molecule has 0 saturated heterocycles. The average Bonchev–Trinajstić information content (AvgIpc) is 2.95. The van der Waals surface area contributed by atoms with Crippen molar-refractivity contribution in [1.82, 2.24) is 19.9 Å². The van der Waals surface area contributed by atoms with Crippen molar-refractivity contribution in [3.63, 3.8) is 0 Å². The fourth-order valence-electron chi connectivity index (χ4n) is 5.15. The van der Waals surface area contributed by atoms with Crippen LogP contribution in [-0.4, -0.2) is 31.0 Å². The minimum Gasteiger partial charge on any atom is -0.481 e. The summed E-state index contributed by atoms with van der Waals surface area (Å²) in [5, 5.41) is 51.9. The topological polar surface area (TPSA) is 184 Å². The molecule has 38 heavy (non-hydrogen) atoms. The lowest BCUT2D eigenvalue weighted by molar-refractivity contribution is -0.137. The molecular formula is C28H12N8O2. The molecule has 1 N–H and O–H groups in total. The number of benzene rings is 4. The highest BCUT2D eigenvalue weighted by Gasteiger charge is 2.24. The molecule has 0 saturated carbocycles. The number of rotatable bonds is 4. The zero-order chi connectivity index (χ0) is 26.6. The average molecular weight is 492 g/mol. The Balaban J connectivity index is 1.91. The molecule has 4 aromatic carbocycles. The van der Waals surface area contributed by atoms with Gasteiger partial charge in [-0.1, -0.05) is 30.3 Å². The summed E-state index contributed by atoms with van der Waals surface area (Å²) in [6.07, 6.45) is 0.773. The zero-order valence-electron chi connectivity index (χ0n) is 19.4. The van der Waals surface area contributed by atoms with E-state index in [0.29, 0.717) is 56.5 Å². The summed E-state index contributed by atoms with van der Waals surface area (Å²) in [6, 6.07) is 17.0.